The molecule has 0 saturated heterocycles. The Morgan fingerprint density at radius 2 is 0.947 bits per heavy atom. The van der Waals surface area contributed by atoms with Crippen LogP contribution >= 0.6 is 0 Å². The van der Waals surface area contributed by atoms with Gasteiger partial charge in [-0.1, -0.05) is 66.7 Å². The van der Waals surface area contributed by atoms with Gasteiger partial charge in [0.1, 0.15) is 11.4 Å². The molecule has 7 rings (SSSR count). The molecule has 0 aromatic heterocycles. The third-order valence-electron chi connectivity index (χ3n) is 6.57. The minimum atomic E-state index is -0.150. The molecule has 8 nitrogen and oxygen atoms in total. The van der Waals surface area contributed by atoms with E-state index >= 15 is 0 Å². The Kier molecular flexibility index (Phi) is 4.90. The summed E-state index contributed by atoms with van der Waals surface area (Å²) in [4.78, 5) is 35.0. The van der Waals surface area contributed by atoms with Gasteiger partial charge in [0.2, 0.25) is 0 Å². The maximum absolute atomic E-state index is 12.9. The molecule has 4 heterocycles. The summed E-state index contributed by atoms with van der Waals surface area (Å²) >= 11 is 0. The lowest BCUT2D eigenvalue weighted by atomic mass is 10.2. The highest BCUT2D eigenvalue weighted by atomic mass is 16.1. The van der Waals surface area contributed by atoms with Crippen molar-refractivity contribution in [2.45, 2.75) is 0 Å². The first-order valence-corrected chi connectivity index (χ1v) is 12.1. The number of imidazole rings is 2. The molecule has 4 aliphatic rings. The number of hydrogen-bond donors (Lipinski definition) is 0. The summed E-state index contributed by atoms with van der Waals surface area (Å²) < 4.78 is 6.96. The first-order chi connectivity index (χ1) is 18.7. The van der Waals surface area contributed by atoms with Crippen molar-refractivity contribution in [1.82, 2.24) is 28.2 Å². The second-order valence-electron chi connectivity index (χ2n) is 8.91. The van der Waals surface area contributed by atoms with E-state index < -0.39 is 0 Å². The summed E-state index contributed by atoms with van der Waals surface area (Å²) in [5, 5.41) is 0. The van der Waals surface area contributed by atoms with Gasteiger partial charge in [0.15, 0.2) is 11.6 Å². The Labute approximate surface area is 216 Å². The Balaban J connectivity index is 1.27. The van der Waals surface area contributed by atoms with Crippen molar-refractivity contribution >= 4 is 0 Å². The zero-order valence-corrected chi connectivity index (χ0v) is 20.0. The fourth-order valence-electron chi connectivity index (χ4n) is 4.65. The molecule has 0 saturated carbocycles. The molecule has 0 unspecified atom stereocenters. The Hall–Kier alpha value is -5.50. The first kappa shape index (κ1) is 21.8. The molecule has 8 heteroatoms. The van der Waals surface area contributed by atoms with Crippen LogP contribution < -0.4 is 11.1 Å². The van der Waals surface area contributed by atoms with Crippen LogP contribution in [0.25, 0.3) is 45.5 Å². The molecule has 0 spiro atoms. The Bertz CT molecular complexity index is 1820. The third kappa shape index (κ3) is 3.55. The summed E-state index contributed by atoms with van der Waals surface area (Å²) in [6, 6.07) is 26.9. The average Bonchev–Trinajstić information content (AvgIpc) is 3.49. The summed E-state index contributed by atoms with van der Waals surface area (Å²) in [6.07, 6.45) is 10.8. The lowest BCUT2D eigenvalue weighted by molar-refractivity contribution is 0.896. The molecule has 0 amide bonds. The van der Waals surface area contributed by atoms with Crippen LogP contribution in [-0.4, -0.2) is 28.2 Å². The van der Waals surface area contributed by atoms with Crippen LogP contribution in [0, 0.1) is 0 Å². The Morgan fingerprint density at radius 3 is 1.39 bits per heavy atom. The average molecular weight is 497 g/mol. The smallest absolute Gasteiger partial charge is 0.282 e. The van der Waals surface area contributed by atoms with Crippen LogP contribution in [0.3, 0.4) is 0 Å². The van der Waals surface area contributed by atoms with E-state index in [2.05, 4.69) is 9.97 Å². The Morgan fingerprint density at radius 1 is 0.500 bits per heavy atom. The molecular formula is C30H20N6O2. The molecule has 0 fully saturated rings. The minimum Gasteiger partial charge on any atom is -0.319 e. The quantitative estimate of drug-likeness (QED) is 0.358. The SMILES string of the molecule is O=c1c(-c2ccccc2)nc2cn(-c3cccc(-n4ccn5c(=O)c(-c6ccccc6)nc-5c4)c3)ccn1-2. The van der Waals surface area contributed by atoms with E-state index in [1.807, 2.05) is 119 Å². The van der Waals surface area contributed by atoms with Gasteiger partial charge >= 0.3 is 0 Å². The van der Waals surface area contributed by atoms with Crippen molar-refractivity contribution in [2.75, 3.05) is 0 Å². The van der Waals surface area contributed by atoms with Crippen LogP contribution in [0.1, 0.15) is 0 Å². The van der Waals surface area contributed by atoms with Crippen LogP contribution in [0.2, 0.25) is 0 Å². The van der Waals surface area contributed by atoms with Crippen LogP contribution in [0.4, 0.5) is 0 Å². The van der Waals surface area contributed by atoms with Gasteiger partial charge in [-0.2, -0.15) is 0 Å². The van der Waals surface area contributed by atoms with E-state index in [9.17, 15) is 9.59 Å². The molecule has 3 aromatic carbocycles. The highest BCUT2D eigenvalue weighted by molar-refractivity contribution is 5.61. The molecule has 3 aromatic rings. The molecule has 4 aliphatic heterocycles. The van der Waals surface area contributed by atoms with E-state index in [0.717, 1.165) is 22.5 Å². The number of fused-ring (bicyclic) bond motifs is 2. The van der Waals surface area contributed by atoms with Crippen LogP contribution in [0.5, 0.6) is 0 Å². The molecular weight excluding hydrogens is 476 g/mol. The molecule has 0 atom stereocenters. The molecule has 0 radical (unpaired) electrons. The lowest BCUT2D eigenvalue weighted by Gasteiger charge is -2.13. The van der Waals surface area contributed by atoms with Gasteiger partial charge in [-0.3, -0.25) is 18.7 Å². The van der Waals surface area contributed by atoms with Gasteiger partial charge < -0.3 is 9.13 Å². The first-order valence-electron chi connectivity index (χ1n) is 12.1. The number of rotatable bonds is 4. The molecule has 38 heavy (non-hydrogen) atoms. The van der Waals surface area contributed by atoms with E-state index in [1.165, 1.54) is 0 Å². The van der Waals surface area contributed by atoms with Gasteiger partial charge in [0.05, 0.1) is 12.4 Å². The zero-order chi connectivity index (χ0) is 25.6. The zero-order valence-electron chi connectivity index (χ0n) is 20.0. The van der Waals surface area contributed by atoms with E-state index in [4.69, 9.17) is 0 Å². The third-order valence-corrected chi connectivity index (χ3v) is 6.57. The van der Waals surface area contributed by atoms with E-state index in [-0.39, 0.29) is 11.1 Å². The number of hydrogen-bond acceptors (Lipinski definition) is 4. The van der Waals surface area contributed by atoms with Gasteiger partial charge in [-0.05, 0) is 18.2 Å². The second-order valence-corrected chi connectivity index (χ2v) is 8.91. The maximum Gasteiger partial charge on any atom is 0.282 e. The fraction of sp³-hybridized carbons (Fsp3) is 0. The fourth-order valence-corrected chi connectivity index (χ4v) is 4.65. The predicted octanol–water partition coefficient (Wildman–Crippen LogP) is 4.57. The molecule has 182 valence electrons. The number of benzene rings is 3. The van der Waals surface area contributed by atoms with Crippen molar-refractivity contribution in [1.29, 1.82) is 0 Å². The monoisotopic (exact) mass is 496 g/mol. The van der Waals surface area contributed by atoms with E-state index in [0.29, 0.717) is 23.0 Å². The van der Waals surface area contributed by atoms with Crippen molar-refractivity contribution in [3.63, 3.8) is 0 Å². The largest absolute Gasteiger partial charge is 0.319 e. The topological polar surface area (TPSA) is 79.6 Å². The van der Waals surface area contributed by atoms with E-state index in [1.54, 1.807) is 21.5 Å². The van der Waals surface area contributed by atoms with Gasteiger partial charge in [-0.15, -0.1) is 0 Å². The summed E-state index contributed by atoms with van der Waals surface area (Å²) in [5.41, 5.74) is 3.92. The molecule has 0 bridgehead atoms. The van der Waals surface area contributed by atoms with Gasteiger partial charge in [0, 0.05) is 47.3 Å². The summed E-state index contributed by atoms with van der Waals surface area (Å²) in [5.74, 6) is 1.12. The van der Waals surface area contributed by atoms with Crippen molar-refractivity contribution in [3.8, 4) is 45.5 Å². The number of aromatic nitrogens is 6. The molecule has 0 aliphatic carbocycles. The van der Waals surface area contributed by atoms with Crippen LogP contribution in [-0.2, 0) is 0 Å². The standard InChI is InChI=1S/C30H20N6O2/c37-29-27(21-8-3-1-4-9-21)31-25-19-33(14-16-35(25)29)23-12-7-13-24(18-23)34-15-17-36-26(20-34)32-28(30(36)38)22-10-5-2-6-11-22/h1-20H. The van der Waals surface area contributed by atoms with Crippen molar-refractivity contribution in [3.05, 3.63) is 143 Å². The van der Waals surface area contributed by atoms with Gasteiger partial charge in [0.25, 0.3) is 11.1 Å². The summed E-state index contributed by atoms with van der Waals surface area (Å²) in [6.45, 7) is 0. The highest BCUT2D eigenvalue weighted by Gasteiger charge is 2.17. The predicted molar refractivity (Wildman–Crippen MR) is 145 cm³/mol. The summed E-state index contributed by atoms with van der Waals surface area (Å²) in [7, 11) is 0. The molecule has 0 N–H and O–H groups in total. The normalized spacial score (nSPS) is 11.4. The highest BCUT2D eigenvalue weighted by Crippen LogP contribution is 2.21. The minimum absolute atomic E-state index is 0.150. The van der Waals surface area contributed by atoms with Crippen LogP contribution in [0.15, 0.2) is 132 Å². The second kappa shape index (κ2) is 8.56. The lowest BCUT2D eigenvalue weighted by Crippen LogP contribution is -2.15. The number of nitrogens with zero attached hydrogens (tertiary/aromatic N) is 6. The maximum atomic E-state index is 12.9. The van der Waals surface area contributed by atoms with Crippen molar-refractivity contribution < 1.29 is 0 Å². The van der Waals surface area contributed by atoms with Crippen molar-refractivity contribution in [2.24, 2.45) is 0 Å². The van der Waals surface area contributed by atoms with Gasteiger partial charge in [-0.25, -0.2) is 9.97 Å².